The first kappa shape index (κ1) is 14.2. The van der Waals surface area contributed by atoms with Gasteiger partial charge in [0.05, 0.1) is 6.61 Å². The van der Waals surface area contributed by atoms with Gasteiger partial charge >= 0.3 is 0 Å². The first-order valence-electron chi connectivity index (χ1n) is 6.58. The summed E-state index contributed by atoms with van der Waals surface area (Å²) in [5, 5.41) is 9.79. The number of benzene rings is 1. The molecule has 0 fully saturated rings. The smallest absolute Gasteiger partial charge is 0.0540 e. The molecule has 0 spiro atoms. The number of hydrogen-bond acceptors (Lipinski definition) is 2. The van der Waals surface area contributed by atoms with Crippen LogP contribution in [-0.2, 0) is 5.41 Å². The topological polar surface area (TPSA) is 46.2 Å². The molecule has 1 unspecified atom stereocenters. The summed E-state index contributed by atoms with van der Waals surface area (Å²) >= 11 is 0. The molecule has 0 saturated heterocycles. The lowest BCUT2D eigenvalue weighted by atomic mass is 9.73. The van der Waals surface area contributed by atoms with Crippen molar-refractivity contribution >= 4 is 0 Å². The van der Waals surface area contributed by atoms with Crippen LogP contribution in [0.4, 0.5) is 0 Å². The van der Waals surface area contributed by atoms with E-state index in [0.29, 0.717) is 12.5 Å². The molecule has 0 aliphatic carbocycles. The molecule has 2 heteroatoms. The van der Waals surface area contributed by atoms with Gasteiger partial charge in [-0.05, 0) is 17.9 Å². The fraction of sp³-hybridized carbons (Fsp3) is 0.600. The predicted octanol–water partition coefficient (Wildman–Crippen LogP) is 2.70. The van der Waals surface area contributed by atoms with Gasteiger partial charge in [-0.25, -0.2) is 0 Å². The molecule has 0 aliphatic heterocycles. The molecule has 1 rings (SSSR count). The standard InChI is InChI=1S/C15H25NO/c1-3-13(4-2)10-15(11-16,12-17)14-8-6-5-7-9-14/h5-9,13,17H,3-4,10-12,16H2,1-2H3. The van der Waals surface area contributed by atoms with Gasteiger partial charge in [0, 0.05) is 12.0 Å². The van der Waals surface area contributed by atoms with Crippen molar-refractivity contribution in [3.8, 4) is 0 Å². The number of hydrogen-bond donors (Lipinski definition) is 2. The molecular formula is C15H25NO. The molecule has 1 aromatic rings. The van der Waals surface area contributed by atoms with Crippen LogP contribution < -0.4 is 5.73 Å². The highest BCUT2D eigenvalue weighted by molar-refractivity contribution is 5.26. The molecule has 1 atom stereocenters. The van der Waals surface area contributed by atoms with Gasteiger partial charge in [0.1, 0.15) is 0 Å². The van der Waals surface area contributed by atoms with E-state index in [4.69, 9.17) is 5.73 Å². The summed E-state index contributed by atoms with van der Waals surface area (Å²) in [5.74, 6) is 0.630. The monoisotopic (exact) mass is 235 g/mol. The summed E-state index contributed by atoms with van der Waals surface area (Å²) in [7, 11) is 0. The van der Waals surface area contributed by atoms with Crippen LogP contribution in [-0.4, -0.2) is 18.3 Å². The van der Waals surface area contributed by atoms with E-state index in [1.54, 1.807) is 0 Å². The third kappa shape index (κ3) is 3.30. The second-order valence-corrected chi connectivity index (χ2v) is 4.90. The van der Waals surface area contributed by atoms with Crippen LogP contribution in [0.3, 0.4) is 0 Å². The quantitative estimate of drug-likeness (QED) is 0.763. The summed E-state index contributed by atoms with van der Waals surface area (Å²) in [6.45, 7) is 5.05. The second-order valence-electron chi connectivity index (χ2n) is 4.90. The van der Waals surface area contributed by atoms with Crippen molar-refractivity contribution < 1.29 is 5.11 Å². The average Bonchev–Trinajstić information content (AvgIpc) is 2.42. The Labute approximate surface area is 105 Å². The Bertz CT molecular complexity index is 302. The first-order chi connectivity index (χ1) is 8.22. The highest BCUT2D eigenvalue weighted by Gasteiger charge is 2.32. The van der Waals surface area contributed by atoms with Crippen LogP contribution in [0.2, 0.25) is 0 Å². The molecule has 0 aromatic heterocycles. The maximum absolute atomic E-state index is 9.79. The van der Waals surface area contributed by atoms with Gasteiger partial charge < -0.3 is 10.8 Å². The zero-order chi connectivity index (χ0) is 12.7. The summed E-state index contributed by atoms with van der Waals surface area (Å²) in [6.07, 6.45) is 3.26. The van der Waals surface area contributed by atoms with E-state index >= 15 is 0 Å². The molecule has 17 heavy (non-hydrogen) atoms. The zero-order valence-electron chi connectivity index (χ0n) is 11.0. The Morgan fingerprint density at radius 2 is 1.76 bits per heavy atom. The lowest BCUT2D eigenvalue weighted by Crippen LogP contribution is -2.40. The molecular weight excluding hydrogens is 210 g/mol. The van der Waals surface area contributed by atoms with Gasteiger partial charge in [-0.1, -0.05) is 57.0 Å². The number of aliphatic hydroxyl groups excluding tert-OH is 1. The molecule has 0 heterocycles. The highest BCUT2D eigenvalue weighted by Crippen LogP contribution is 2.32. The predicted molar refractivity (Wildman–Crippen MR) is 72.9 cm³/mol. The zero-order valence-corrected chi connectivity index (χ0v) is 11.0. The van der Waals surface area contributed by atoms with Crippen molar-refractivity contribution in [1.82, 2.24) is 0 Å². The Morgan fingerprint density at radius 1 is 1.18 bits per heavy atom. The SMILES string of the molecule is CCC(CC)CC(CN)(CO)c1ccccc1. The van der Waals surface area contributed by atoms with Crippen molar-refractivity contribution in [3.63, 3.8) is 0 Å². The Morgan fingerprint density at radius 3 is 2.18 bits per heavy atom. The molecule has 96 valence electrons. The molecule has 2 nitrogen and oxygen atoms in total. The minimum Gasteiger partial charge on any atom is -0.395 e. The minimum atomic E-state index is -0.266. The summed E-state index contributed by atoms with van der Waals surface area (Å²) < 4.78 is 0. The molecule has 3 N–H and O–H groups in total. The largest absolute Gasteiger partial charge is 0.395 e. The van der Waals surface area contributed by atoms with Crippen molar-refractivity contribution in [2.45, 2.75) is 38.5 Å². The highest BCUT2D eigenvalue weighted by atomic mass is 16.3. The van der Waals surface area contributed by atoms with Crippen LogP contribution in [0, 0.1) is 5.92 Å². The second kappa shape index (κ2) is 6.77. The van der Waals surface area contributed by atoms with Crippen molar-refractivity contribution in [2.75, 3.05) is 13.2 Å². The number of nitrogens with two attached hydrogens (primary N) is 1. The fourth-order valence-electron chi connectivity index (χ4n) is 2.46. The van der Waals surface area contributed by atoms with E-state index in [9.17, 15) is 5.11 Å². The Balaban J connectivity index is 2.96. The summed E-state index contributed by atoms with van der Waals surface area (Å²) in [5.41, 5.74) is 6.85. The van der Waals surface area contributed by atoms with Crippen LogP contribution in [0.1, 0.15) is 38.7 Å². The lowest BCUT2D eigenvalue weighted by Gasteiger charge is -2.34. The van der Waals surface area contributed by atoms with Gasteiger partial charge in [0.2, 0.25) is 0 Å². The Hall–Kier alpha value is -0.860. The molecule has 0 radical (unpaired) electrons. The van der Waals surface area contributed by atoms with E-state index in [-0.39, 0.29) is 12.0 Å². The van der Waals surface area contributed by atoms with Crippen molar-refractivity contribution in [2.24, 2.45) is 11.7 Å². The molecule has 0 aliphatic rings. The summed E-state index contributed by atoms with van der Waals surface area (Å²) in [6, 6.07) is 10.2. The molecule has 0 bridgehead atoms. The number of aliphatic hydroxyl groups is 1. The van der Waals surface area contributed by atoms with E-state index in [1.165, 1.54) is 0 Å². The van der Waals surface area contributed by atoms with E-state index in [1.807, 2.05) is 18.2 Å². The normalized spacial score (nSPS) is 14.9. The van der Waals surface area contributed by atoms with Crippen LogP contribution in [0.15, 0.2) is 30.3 Å². The van der Waals surface area contributed by atoms with E-state index in [2.05, 4.69) is 26.0 Å². The van der Waals surface area contributed by atoms with Gasteiger partial charge in [0.25, 0.3) is 0 Å². The van der Waals surface area contributed by atoms with Gasteiger partial charge in [0.15, 0.2) is 0 Å². The fourth-order valence-corrected chi connectivity index (χ4v) is 2.46. The van der Waals surface area contributed by atoms with Gasteiger partial charge in [-0.2, -0.15) is 0 Å². The van der Waals surface area contributed by atoms with E-state index < -0.39 is 0 Å². The van der Waals surface area contributed by atoms with Crippen LogP contribution in [0.25, 0.3) is 0 Å². The maximum atomic E-state index is 9.79. The third-order valence-electron chi connectivity index (χ3n) is 3.91. The van der Waals surface area contributed by atoms with Gasteiger partial charge in [-0.15, -0.1) is 0 Å². The molecule has 0 amide bonds. The van der Waals surface area contributed by atoms with Crippen molar-refractivity contribution in [1.29, 1.82) is 0 Å². The maximum Gasteiger partial charge on any atom is 0.0540 e. The lowest BCUT2D eigenvalue weighted by molar-refractivity contribution is 0.166. The van der Waals surface area contributed by atoms with Crippen LogP contribution in [0.5, 0.6) is 0 Å². The average molecular weight is 235 g/mol. The Kier molecular flexibility index (Phi) is 5.66. The summed E-state index contributed by atoms with van der Waals surface area (Å²) in [4.78, 5) is 0. The van der Waals surface area contributed by atoms with Crippen molar-refractivity contribution in [3.05, 3.63) is 35.9 Å². The molecule has 1 aromatic carbocycles. The van der Waals surface area contributed by atoms with Gasteiger partial charge in [-0.3, -0.25) is 0 Å². The molecule has 0 saturated carbocycles. The number of rotatable bonds is 7. The van der Waals surface area contributed by atoms with E-state index in [0.717, 1.165) is 24.8 Å². The first-order valence-corrected chi connectivity index (χ1v) is 6.58. The minimum absolute atomic E-state index is 0.129. The third-order valence-corrected chi connectivity index (χ3v) is 3.91. The van der Waals surface area contributed by atoms with Crippen LogP contribution >= 0.6 is 0 Å².